The van der Waals surface area contributed by atoms with E-state index in [1.165, 1.54) is 11.1 Å². The van der Waals surface area contributed by atoms with Crippen molar-refractivity contribution in [2.75, 3.05) is 6.54 Å². The van der Waals surface area contributed by atoms with Crippen molar-refractivity contribution in [2.24, 2.45) is 5.92 Å². The molecule has 0 radical (unpaired) electrons. The highest BCUT2D eigenvalue weighted by Crippen LogP contribution is 2.25. The normalized spacial score (nSPS) is 21.0. The largest absolute Gasteiger partial charge is 0.481 e. The zero-order chi connectivity index (χ0) is 15.2. The van der Waals surface area contributed by atoms with Crippen molar-refractivity contribution in [1.29, 1.82) is 0 Å². The van der Waals surface area contributed by atoms with Crippen LogP contribution in [0, 0.1) is 12.8 Å². The van der Waals surface area contributed by atoms with Gasteiger partial charge in [0.25, 0.3) is 0 Å². The summed E-state index contributed by atoms with van der Waals surface area (Å²) in [6.45, 7) is 2.63. The molecule has 0 saturated heterocycles. The second kappa shape index (κ2) is 7.11. The summed E-state index contributed by atoms with van der Waals surface area (Å²) in [4.78, 5) is 22.6. The van der Waals surface area contributed by atoms with Gasteiger partial charge in [0.05, 0.1) is 5.92 Å². The second-order valence-corrected chi connectivity index (χ2v) is 5.62. The molecule has 0 aromatic heterocycles. The third-order valence-electron chi connectivity index (χ3n) is 4.06. The van der Waals surface area contributed by atoms with Gasteiger partial charge in [-0.05, 0) is 43.7 Å². The van der Waals surface area contributed by atoms with E-state index in [1.807, 2.05) is 12.1 Å². The average molecular weight is 290 g/mol. The van der Waals surface area contributed by atoms with Crippen LogP contribution in [0.2, 0.25) is 0 Å². The Morgan fingerprint density at radius 2 is 2.05 bits per heavy atom. The number of urea groups is 1. The van der Waals surface area contributed by atoms with E-state index in [0.29, 0.717) is 19.4 Å². The van der Waals surface area contributed by atoms with Gasteiger partial charge >= 0.3 is 12.0 Å². The van der Waals surface area contributed by atoms with Gasteiger partial charge in [0.1, 0.15) is 0 Å². The molecule has 1 aliphatic rings. The van der Waals surface area contributed by atoms with E-state index >= 15 is 0 Å². The van der Waals surface area contributed by atoms with Gasteiger partial charge in [-0.15, -0.1) is 0 Å². The van der Waals surface area contributed by atoms with Crippen LogP contribution in [0.1, 0.15) is 30.4 Å². The molecule has 114 valence electrons. The Balaban J connectivity index is 1.69. The maximum absolute atomic E-state index is 11.8. The molecule has 2 atom stereocenters. The summed E-state index contributed by atoms with van der Waals surface area (Å²) in [7, 11) is 0. The molecule has 5 heteroatoms. The summed E-state index contributed by atoms with van der Waals surface area (Å²) in [5.74, 6) is -1.08. The van der Waals surface area contributed by atoms with E-state index in [0.717, 1.165) is 12.8 Å². The fourth-order valence-corrected chi connectivity index (χ4v) is 2.77. The molecule has 1 aliphatic carbocycles. The van der Waals surface area contributed by atoms with Gasteiger partial charge in [0.2, 0.25) is 0 Å². The summed E-state index contributed by atoms with van der Waals surface area (Å²) >= 11 is 0. The summed E-state index contributed by atoms with van der Waals surface area (Å²) in [6, 6.07) is 7.87. The van der Waals surface area contributed by atoms with Crippen molar-refractivity contribution < 1.29 is 14.7 Å². The van der Waals surface area contributed by atoms with Crippen LogP contribution < -0.4 is 10.6 Å². The first-order valence-electron chi connectivity index (χ1n) is 7.38. The first kappa shape index (κ1) is 15.4. The monoisotopic (exact) mass is 290 g/mol. The minimum absolute atomic E-state index is 0.0236. The third-order valence-corrected chi connectivity index (χ3v) is 4.06. The Hall–Kier alpha value is -2.04. The lowest BCUT2D eigenvalue weighted by atomic mass is 10.1. The summed E-state index contributed by atoms with van der Waals surface area (Å²) in [6.07, 6.45) is 2.70. The molecule has 1 aromatic rings. The fraction of sp³-hybridized carbons (Fsp3) is 0.500. The molecule has 2 amide bonds. The molecule has 0 aliphatic heterocycles. The maximum Gasteiger partial charge on any atom is 0.315 e. The molecule has 0 unspecified atom stereocenters. The number of carboxylic acid groups (broad SMARTS) is 1. The predicted octanol–water partition coefficient (Wildman–Crippen LogP) is 2.09. The Kier molecular flexibility index (Phi) is 5.20. The lowest BCUT2D eigenvalue weighted by Gasteiger charge is -2.13. The van der Waals surface area contributed by atoms with Crippen molar-refractivity contribution in [3.05, 3.63) is 35.4 Å². The van der Waals surface area contributed by atoms with Gasteiger partial charge in [-0.1, -0.05) is 24.3 Å². The molecular weight excluding hydrogens is 268 g/mol. The number of hydrogen-bond acceptors (Lipinski definition) is 2. The number of rotatable bonds is 5. The van der Waals surface area contributed by atoms with Crippen LogP contribution in [0.25, 0.3) is 0 Å². The van der Waals surface area contributed by atoms with Crippen molar-refractivity contribution in [1.82, 2.24) is 10.6 Å². The van der Waals surface area contributed by atoms with Crippen LogP contribution in [-0.2, 0) is 11.2 Å². The molecule has 3 N–H and O–H groups in total. The number of carbonyl (C=O) groups excluding carboxylic acids is 1. The third kappa shape index (κ3) is 4.48. The number of amides is 2. The second-order valence-electron chi connectivity index (χ2n) is 5.62. The van der Waals surface area contributed by atoms with E-state index in [1.54, 1.807) is 0 Å². The SMILES string of the molecule is Cc1ccccc1CCNC(=O)N[C@H]1CC[C@@H](C(=O)O)C1. The van der Waals surface area contributed by atoms with Gasteiger partial charge < -0.3 is 15.7 Å². The van der Waals surface area contributed by atoms with Crippen molar-refractivity contribution in [2.45, 2.75) is 38.6 Å². The number of aryl methyl sites for hydroxylation is 1. The molecular formula is C16H22N2O3. The Labute approximate surface area is 124 Å². The standard InChI is InChI=1S/C16H22N2O3/c1-11-4-2-3-5-12(11)8-9-17-16(21)18-14-7-6-13(10-14)15(19)20/h2-5,13-14H,6-10H2,1H3,(H,19,20)(H2,17,18,21)/t13-,14+/m1/s1. The van der Waals surface area contributed by atoms with E-state index in [4.69, 9.17) is 5.11 Å². The molecule has 1 fully saturated rings. The van der Waals surface area contributed by atoms with Gasteiger partial charge in [-0.2, -0.15) is 0 Å². The number of carbonyl (C=O) groups is 2. The summed E-state index contributed by atoms with van der Waals surface area (Å²) in [5.41, 5.74) is 2.45. The number of benzene rings is 1. The first-order chi connectivity index (χ1) is 10.1. The van der Waals surface area contributed by atoms with Crippen LogP contribution in [0.5, 0.6) is 0 Å². The highest BCUT2D eigenvalue weighted by molar-refractivity contribution is 5.75. The van der Waals surface area contributed by atoms with Crippen LogP contribution in [0.4, 0.5) is 4.79 Å². The lowest BCUT2D eigenvalue weighted by Crippen LogP contribution is -2.41. The Morgan fingerprint density at radius 1 is 1.29 bits per heavy atom. The van der Waals surface area contributed by atoms with Crippen LogP contribution >= 0.6 is 0 Å². The van der Waals surface area contributed by atoms with Gasteiger partial charge in [0.15, 0.2) is 0 Å². The molecule has 0 heterocycles. The van der Waals surface area contributed by atoms with E-state index < -0.39 is 5.97 Å². The van der Waals surface area contributed by atoms with E-state index in [2.05, 4.69) is 29.7 Å². The van der Waals surface area contributed by atoms with Crippen LogP contribution in [0.3, 0.4) is 0 Å². The molecule has 1 saturated carbocycles. The highest BCUT2D eigenvalue weighted by atomic mass is 16.4. The summed E-state index contributed by atoms with van der Waals surface area (Å²) < 4.78 is 0. The molecule has 1 aromatic carbocycles. The molecule has 0 spiro atoms. The highest BCUT2D eigenvalue weighted by Gasteiger charge is 2.30. The molecule has 2 rings (SSSR count). The number of aliphatic carboxylic acids is 1. The summed E-state index contributed by atoms with van der Waals surface area (Å²) in [5, 5.41) is 14.6. The fourth-order valence-electron chi connectivity index (χ4n) is 2.77. The number of nitrogens with one attached hydrogen (secondary N) is 2. The van der Waals surface area contributed by atoms with Crippen molar-refractivity contribution >= 4 is 12.0 Å². The minimum Gasteiger partial charge on any atom is -0.481 e. The zero-order valence-corrected chi connectivity index (χ0v) is 12.3. The van der Waals surface area contributed by atoms with Crippen LogP contribution in [0.15, 0.2) is 24.3 Å². The van der Waals surface area contributed by atoms with Crippen molar-refractivity contribution in [3.8, 4) is 0 Å². The number of carboxylic acids is 1. The smallest absolute Gasteiger partial charge is 0.315 e. The molecule has 5 nitrogen and oxygen atoms in total. The van der Waals surface area contributed by atoms with Crippen molar-refractivity contribution in [3.63, 3.8) is 0 Å². The Morgan fingerprint density at radius 3 is 2.71 bits per heavy atom. The van der Waals surface area contributed by atoms with E-state index in [9.17, 15) is 9.59 Å². The molecule has 0 bridgehead atoms. The van der Waals surface area contributed by atoms with Gasteiger partial charge in [-0.3, -0.25) is 4.79 Å². The Bertz CT molecular complexity index is 516. The molecule has 21 heavy (non-hydrogen) atoms. The van der Waals surface area contributed by atoms with Gasteiger partial charge in [0, 0.05) is 12.6 Å². The number of hydrogen-bond donors (Lipinski definition) is 3. The zero-order valence-electron chi connectivity index (χ0n) is 12.3. The average Bonchev–Trinajstić information content (AvgIpc) is 2.89. The van der Waals surface area contributed by atoms with Gasteiger partial charge in [-0.25, -0.2) is 4.79 Å². The maximum atomic E-state index is 11.8. The first-order valence-corrected chi connectivity index (χ1v) is 7.38. The topological polar surface area (TPSA) is 78.4 Å². The lowest BCUT2D eigenvalue weighted by molar-refractivity contribution is -0.141. The van der Waals surface area contributed by atoms with Crippen LogP contribution in [-0.4, -0.2) is 29.7 Å². The predicted molar refractivity (Wildman–Crippen MR) is 80.2 cm³/mol. The minimum atomic E-state index is -0.765. The van der Waals surface area contributed by atoms with E-state index in [-0.39, 0.29) is 18.0 Å². The quantitative estimate of drug-likeness (QED) is 0.777.